The Kier molecular flexibility index (Phi) is 4.81. The molecule has 136 valence electrons. The number of H-pyrrole nitrogens is 1. The molecule has 0 aliphatic carbocycles. The van der Waals surface area contributed by atoms with Crippen LogP contribution in [0.25, 0.3) is 11.0 Å². The van der Waals surface area contributed by atoms with Gasteiger partial charge in [0.15, 0.2) is 0 Å². The molecule has 4 rings (SSSR count). The van der Waals surface area contributed by atoms with Gasteiger partial charge in [0.05, 0.1) is 37.1 Å². The molecule has 0 unspecified atom stereocenters. The normalized spacial score (nSPS) is 18.9. The molecule has 2 aromatic heterocycles. The summed E-state index contributed by atoms with van der Waals surface area (Å²) in [5.74, 6) is 1.36. The van der Waals surface area contributed by atoms with Gasteiger partial charge in [0, 0.05) is 37.8 Å². The number of rotatable bonds is 4. The van der Waals surface area contributed by atoms with Crippen LogP contribution in [0.3, 0.4) is 0 Å². The minimum Gasteiger partial charge on any atom is -0.380 e. The van der Waals surface area contributed by atoms with Crippen LogP contribution in [0.15, 0.2) is 41.5 Å². The Balaban J connectivity index is 1.48. The molecule has 1 aliphatic heterocycles. The Bertz CT molecular complexity index is 948. The van der Waals surface area contributed by atoms with Crippen molar-refractivity contribution >= 4 is 11.0 Å². The van der Waals surface area contributed by atoms with Crippen LogP contribution in [0.1, 0.15) is 11.5 Å². The second-order valence-electron chi connectivity index (χ2n) is 6.86. The van der Waals surface area contributed by atoms with Gasteiger partial charge in [0.2, 0.25) is 0 Å². The van der Waals surface area contributed by atoms with E-state index in [4.69, 9.17) is 9.72 Å². The molecular weight excluding hydrogens is 330 g/mol. The molecule has 3 aromatic rings. The predicted molar refractivity (Wildman–Crippen MR) is 98.9 cm³/mol. The standard InChI is InChI=1S/C19H23N5O2/c1-23-17-5-3-2-4-16(17)22-18(23)11-24-6-7-26-12-14(10-24)8-15-9-19(25)21-13-20-15/h2-5,9,13-14H,6-8,10-12H2,1H3,(H,20,21,25)/t14-/m0/s1. The van der Waals surface area contributed by atoms with Gasteiger partial charge in [0.25, 0.3) is 5.56 Å². The van der Waals surface area contributed by atoms with Crippen molar-refractivity contribution in [2.24, 2.45) is 13.0 Å². The Hall–Kier alpha value is -2.51. The van der Waals surface area contributed by atoms with E-state index in [9.17, 15) is 4.79 Å². The number of aromatic amines is 1. The molecule has 1 fully saturated rings. The molecular formula is C19H23N5O2. The minimum absolute atomic E-state index is 0.110. The van der Waals surface area contributed by atoms with Crippen molar-refractivity contribution in [1.29, 1.82) is 0 Å². The highest BCUT2D eigenvalue weighted by molar-refractivity contribution is 5.75. The smallest absolute Gasteiger partial charge is 0.250 e. The predicted octanol–water partition coefficient (Wildman–Crippen LogP) is 1.35. The quantitative estimate of drug-likeness (QED) is 0.766. The van der Waals surface area contributed by atoms with E-state index in [0.29, 0.717) is 19.1 Å². The molecule has 1 aliphatic rings. The van der Waals surface area contributed by atoms with Crippen molar-refractivity contribution in [2.45, 2.75) is 13.0 Å². The molecule has 0 saturated carbocycles. The fraction of sp³-hybridized carbons (Fsp3) is 0.421. The lowest BCUT2D eigenvalue weighted by Gasteiger charge is -2.22. The zero-order valence-corrected chi connectivity index (χ0v) is 14.9. The molecule has 1 aromatic carbocycles. The van der Waals surface area contributed by atoms with E-state index < -0.39 is 0 Å². The molecule has 7 nitrogen and oxygen atoms in total. The van der Waals surface area contributed by atoms with Gasteiger partial charge in [-0.2, -0.15) is 0 Å². The highest BCUT2D eigenvalue weighted by atomic mass is 16.5. The second kappa shape index (κ2) is 7.39. The number of benzene rings is 1. The number of hydrogen-bond acceptors (Lipinski definition) is 5. The van der Waals surface area contributed by atoms with Crippen LogP contribution in [0.4, 0.5) is 0 Å². The van der Waals surface area contributed by atoms with Crippen molar-refractivity contribution in [3.8, 4) is 0 Å². The van der Waals surface area contributed by atoms with Crippen molar-refractivity contribution in [3.63, 3.8) is 0 Å². The molecule has 0 amide bonds. The molecule has 0 bridgehead atoms. The molecule has 0 radical (unpaired) electrons. The zero-order chi connectivity index (χ0) is 17.9. The monoisotopic (exact) mass is 353 g/mol. The third kappa shape index (κ3) is 3.68. The second-order valence-corrected chi connectivity index (χ2v) is 6.86. The summed E-state index contributed by atoms with van der Waals surface area (Å²) < 4.78 is 7.95. The van der Waals surface area contributed by atoms with E-state index >= 15 is 0 Å². The van der Waals surface area contributed by atoms with Crippen molar-refractivity contribution in [1.82, 2.24) is 24.4 Å². The van der Waals surface area contributed by atoms with Crippen LogP contribution in [0.5, 0.6) is 0 Å². The van der Waals surface area contributed by atoms with Crippen molar-refractivity contribution in [3.05, 3.63) is 58.5 Å². The number of fused-ring (bicyclic) bond motifs is 1. The third-order valence-corrected chi connectivity index (χ3v) is 4.90. The maximum absolute atomic E-state index is 11.5. The molecule has 0 spiro atoms. The lowest BCUT2D eigenvalue weighted by Crippen LogP contribution is -2.31. The van der Waals surface area contributed by atoms with Gasteiger partial charge in [-0.05, 0) is 18.6 Å². The first kappa shape index (κ1) is 16.9. The number of nitrogens with zero attached hydrogens (tertiary/aromatic N) is 4. The minimum atomic E-state index is -0.110. The van der Waals surface area contributed by atoms with E-state index in [-0.39, 0.29) is 5.56 Å². The molecule has 1 atom stereocenters. The van der Waals surface area contributed by atoms with E-state index in [1.807, 2.05) is 18.2 Å². The summed E-state index contributed by atoms with van der Waals surface area (Å²) in [6, 6.07) is 9.77. The van der Waals surface area contributed by atoms with Gasteiger partial charge in [-0.15, -0.1) is 0 Å². The molecule has 1 N–H and O–H groups in total. The Morgan fingerprint density at radius 2 is 2.23 bits per heavy atom. The number of hydrogen-bond donors (Lipinski definition) is 1. The molecule has 7 heteroatoms. The largest absolute Gasteiger partial charge is 0.380 e. The Morgan fingerprint density at radius 1 is 1.35 bits per heavy atom. The molecule has 1 saturated heterocycles. The van der Waals surface area contributed by atoms with Crippen LogP contribution < -0.4 is 5.56 Å². The van der Waals surface area contributed by atoms with Gasteiger partial charge < -0.3 is 14.3 Å². The number of nitrogens with one attached hydrogen (secondary N) is 1. The number of ether oxygens (including phenoxy) is 1. The summed E-state index contributed by atoms with van der Waals surface area (Å²) in [6.45, 7) is 3.96. The summed E-state index contributed by atoms with van der Waals surface area (Å²) in [5, 5.41) is 0. The van der Waals surface area contributed by atoms with Crippen molar-refractivity contribution in [2.75, 3.05) is 26.3 Å². The Morgan fingerprint density at radius 3 is 3.08 bits per heavy atom. The lowest BCUT2D eigenvalue weighted by molar-refractivity contribution is 0.121. The Labute approximate surface area is 151 Å². The van der Waals surface area contributed by atoms with E-state index in [2.05, 4.69) is 32.5 Å². The third-order valence-electron chi connectivity index (χ3n) is 4.90. The fourth-order valence-corrected chi connectivity index (χ4v) is 3.57. The summed E-state index contributed by atoms with van der Waals surface area (Å²) >= 11 is 0. The summed E-state index contributed by atoms with van der Waals surface area (Å²) in [7, 11) is 2.07. The highest BCUT2D eigenvalue weighted by Crippen LogP contribution is 2.18. The number of imidazole rings is 1. The van der Waals surface area contributed by atoms with Crippen LogP contribution in [-0.4, -0.2) is 50.7 Å². The first-order valence-corrected chi connectivity index (χ1v) is 8.93. The fourth-order valence-electron chi connectivity index (χ4n) is 3.57. The highest BCUT2D eigenvalue weighted by Gasteiger charge is 2.21. The van der Waals surface area contributed by atoms with Gasteiger partial charge in [0.1, 0.15) is 5.82 Å². The van der Waals surface area contributed by atoms with Gasteiger partial charge in [-0.1, -0.05) is 12.1 Å². The zero-order valence-electron chi connectivity index (χ0n) is 14.9. The van der Waals surface area contributed by atoms with E-state index in [1.165, 1.54) is 6.33 Å². The van der Waals surface area contributed by atoms with E-state index in [1.54, 1.807) is 6.07 Å². The topological polar surface area (TPSA) is 76.0 Å². The first-order valence-electron chi connectivity index (χ1n) is 8.93. The van der Waals surface area contributed by atoms with Crippen molar-refractivity contribution < 1.29 is 4.74 Å². The maximum Gasteiger partial charge on any atom is 0.250 e. The van der Waals surface area contributed by atoms with Gasteiger partial charge in [-0.25, -0.2) is 9.97 Å². The number of aryl methyl sites for hydroxylation is 1. The summed E-state index contributed by atoms with van der Waals surface area (Å²) in [6.07, 6.45) is 2.20. The number of aromatic nitrogens is 4. The lowest BCUT2D eigenvalue weighted by atomic mass is 10.0. The van der Waals surface area contributed by atoms with E-state index in [0.717, 1.165) is 48.6 Å². The molecule has 26 heavy (non-hydrogen) atoms. The summed E-state index contributed by atoms with van der Waals surface area (Å²) in [5.41, 5.74) is 2.88. The number of para-hydroxylation sites is 2. The van der Waals surface area contributed by atoms with Crippen LogP contribution in [0, 0.1) is 5.92 Å². The molecule has 3 heterocycles. The summed E-state index contributed by atoms with van der Waals surface area (Å²) in [4.78, 5) is 25.5. The SMILES string of the molecule is Cn1c(CN2CCOC[C@@H](Cc3cc(=O)[nH]cn3)C2)nc2ccccc21. The van der Waals surface area contributed by atoms with Crippen LogP contribution in [0.2, 0.25) is 0 Å². The first-order chi connectivity index (χ1) is 12.7. The van der Waals surface area contributed by atoms with Gasteiger partial charge >= 0.3 is 0 Å². The average Bonchev–Trinajstić information content (AvgIpc) is 2.79. The van der Waals surface area contributed by atoms with Crippen LogP contribution in [-0.2, 0) is 24.8 Å². The maximum atomic E-state index is 11.5. The van der Waals surface area contributed by atoms with Gasteiger partial charge in [-0.3, -0.25) is 9.69 Å². The van der Waals surface area contributed by atoms with Crippen LogP contribution >= 0.6 is 0 Å². The average molecular weight is 353 g/mol.